The van der Waals surface area contributed by atoms with Crippen molar-refractivity contribution in [1.29, 1.82) is 0 Å². The zero-order chi connectivity index (χ0) is 17.6. The Balaban J connectivity index is 1.58. The second-order valence-electron chi connectivity index (χ2n) is 6.60. The highest BCUT2D eigenvalue weighted by atomic mass is 16.5. The van der Waals surface area contributed by atoms with Crippen molar-refractivity contribution in [2.24, 2.45) is 0 Å². The molecule has 2 aliphatic rings. The van der Waals surface area contributed by atoms with Gasteiger partial charge >= 0.3 is 6.03 Å². The summed E-state index contributed by atoms with van der Waals surface area (Å²) < 4.78 is 5.29. The predicted molar refractivity (Wildman–Crippen MR) is 95.4 cm³/mol. The van der Waals surface area contributed by atoms with Crippen molar-refractivity contribution < 1.29 is 14.3 Å². The molecule has 25 heavy (non-hydrogen) atoms. The molecular formula is C19H27N3O3. The number of fused-ring (bicyclic) bond motifs is 1. The van der Waals surface area contributed by atoms with Gasteiger partial charge in [0, 0.05) is 26.2 Å². The molecule has 0 aliphatic carbocycles. The fourth-order valence-electron chi connectivity index (χ4n) is 3.45. The smallest absolute Gasteiger partial charge is 0.318 e. The Morgan fingerprint density at radius 2 is 1.64 bits per heavy atom. The minimum atomic E-state index is -0.462. The Morgan fingerprint density at radius 3 is 2.20 bits per heavy atom. The van der Waals surface area contributed by atoms with Crippen LogP contribution in [0.2, 0.25) is 0 Å². The van der Waals surface area contributed by atoms with E-state index in [0.717, 1.165) is 12.8 Å². The lowest BCUT2D eigenvalue weighted by molar-refractivity contribution is -0.137. The number of morpholine rings is 1. The van der Waals surface area contributed by atoms with E-state index in [9.17, 15) is 9.59 Å². The molecule has 2 heterocycles. The molecule has 136 valence electrons. The van der Waals surface area contributed by atoms with E-state index in [1.54, 1.807) is 4.90 Å². The van der Waals surface area contributed by atoms with Crippen LogP contribution in [0.1, 0.15) is 24.5 Å². The van der Waals surface area contributed by atoms with E-state index in [-0.39, 0.29) is 11.9 Å². The molecule has 0 aromatic heterocycles. The third-order valence-corrected chi connectivity index (χ3v) is 5.03. The number of nitrogens with zero attached hydrogens (tertiary/aromatic N) is 2. The van der Waals surface area contributed by atoms with Crippen LogP contribution in [0.25, 0.3) is 0 Å². The van der Waals surface area contributed by atoms with Crippen LogP contribution in [0, 0.1) is 0 Å². The van der Waals surface area contributed by atoms with Crippen molar-refractivity contribution in [3.05, 3.63) is 35.4 Å². The molecule has 1 fully saturated rings. The van der Waals surface area contributed by atoms with E-state index in [2.05, 4.69) is 17.4 Å². The quantitative estimate of drug-likeness (QED) is 0.902. The van der Waals surface area contributed by atoms with Crippen LogP contribution in [0.15, 0.2) is 24.3 Å². The van der Waals surface area contributed by atoms with Gasteiger partial charge in [0.1, 0.15) is 6.04 Å². The van der Waals surface area contributed by atoms with Crippen LogP contribution in [-0.2, 0) is 22.4 Å². The number of ether oxygens (including phenoxy) is 1. The molecule has 1 saturated heterocycles. The van der Waals surface area contributed by atoms with E-state index < -0.39 is 6.04 Å². The summed E-state index contributed by atoms with van der Waals surface area (Å²) in [5.74, 6) is -0.00254. The summed E-state index contributed by atoms with van der Waals surface area (Å²) in [4.78, 5) is 28.9. The Labute approximate surface area is 149 Å². The number of carbonyl (C=O) groups is 2. The molecule has 3 rings (SSSR count). The number of nitrogens with one attached hydrogen (secondary N) is 1. The van der Waals surface area contributed by atoms with E-state index in [1.165, 1.54) is 11.1 Å². The van der Waals surface area contributed by atoms with Crippen molar-refractivity contribution >= 4 is 11.9 Å². The van der Waals surface area contributed by atoms with Crippen molar-refractivity contribution in [2.75, 3.05) is 39.4 Å². The van der Waals surface area contributed by atoms with Gasteiger partial charge < -0.3 is 19.9 Å². The Bertz CT molecular complexity index is 587. The van der Waals surface area contributed by atoms with Gasteiger partial charge in [0.25, 0.3) is 0 Å². The van der Waals surface area contributed by atoms with Gasteiger partial charge in [0.05, 0.1) is 13.2 Å². The zero-order valence-electron chi connectivity index (χ0n) is 14.9. The molecule has 1 atom stereocenters. The maximum absolute atomic E-state index is 12.7. The Morgan fingerprint density at radius 1 is 1.04 bits per heavy atom. The van der Waals surface area contributed by atoms with E-state index in [0.29, 0.717) is 45.8 Å². The summed E-state index contributed by atoms with van der Waals surface area (Å²) in [5, 5.41) is 2.94. The first kappa shape index (κ1) is 17.7. The number of carbonyl (C=O) groups excluding carboxylic acids is 2. The number of amides is 3. The minimum absolute atomic E-state index is 0.00254. The average molecular weight is 345 g/mol. The fraction of sp³-hybridized carbons (Fsp3) is 0.579. The molecule has 1 unspecified atom stereocenters. The molecule has 2 aliphatic heterocycles. The molecule has 0 radical (unpaired) electrons. The van der Waals surface area contributed by atoms with Gasteiger partial charge in [-0.05, 0) is 30.4 Å². The van der Waals surface area contributed by atoms with Crippen LogP contribution in [0.5, 0.6) is 0 Å². The largest absolute Gasteiger partial charge is 0.378 e. The van der Waals surface area contributed by atoms with Crippen molar-refractivity contribution in [2.45, 2.75) is 32.2 Å². The lowest BCUT2D eigenvalue weighted by Crippen LogP contribution is -2.54. The number of benzene rings is 1. The summed E-state index contributed by atoms with van der Waals surface area (Å²) >= 11 is 0. The third-order valence-electron chi connectivity index (χ3n) is 5.03. The summed E-state index contributed by atoms with van der Waals surface area (Å²) in [6.45, 7) is 5.65. The van der Waals surface area contributed by atoms with Gasteiger partial charge in [0.15, 0.2) is 0 Å². The van der Waals surface area contributed by atoms with E-state index >= 15 is 0 Å². The summed E-state index contributed by atoms with van der Waals surface area (Å²) in [5.41, 5.74) is 2.63. The van der Waals surface area contributed by atoms with Crippen LogP contribution in [-0.4, -0.2) is 67.2 Å². The second-order valence-corrected chi connectivity index (χ2v) is 6.60. The highest BCUT2D eigenvalue weighted by molar-refractivity contribution is 5.87. The van der Waals surface area contributed by atoms with Crippen LogP contribution < -0.4 is 5.32 Å². The minimum Gasteiger partial charge on any atom is -0.378 e. The molecule has 1 N–H and O–H groups in total. The van der Waals surface area contributed by atoms with Gasteiger partial charge in [-0.25, -0.2) is 4.79 Å². The lowest BCUT2D eigenvalue weighted by Gasteiger charge is -2.31. The highest BCUT2D eigenvalue weighted by Crippen LogP contribution is 2.15. The first-order valence-electron chi connectivity index (χ1n) is 9.17. The summed E-state index contributed by atoms with van der Waals surface area (Å²) in [6.07, 6.45) is 2.31. The normalized spacial score (nSPS) is 18.9. The first-order chi connectivity index (χ1) is 12.2. The average Bonchev–Trinajstić information content (AvgIpc) is 2.89. The third kappa shape index (κ3) is 4.31. The predicted octanol–water partition coefficient (Wildman–Crippen LogP) is 1.43. The van der Waals surface area contributed by atoms with Crippen molar-refractivity contribution in [3.63, 3.8) is 0 Å². The molecule has 0 spiro atoms. The molecule has 6 nitrogen and oxygen atoms in total. The van der Waals surface area contributed by atoms with Crippen molar-refractivity contribution in [1.82, 2.24) is 15.1 Å². The maximum atomic E-state index is 12.7. The van der Waals surface area contributed by atoms with Crippen LogP contribution in [0.3, 0.4) is 0 Å². The topological polar surface area (TPSA) is 61.9 Å². The maximum Gasteiger partial charge on any atom is 0.318 e. The standard InChI is InChI=1S/C19H27N3O3/c1-2-17(18(23)21-11-13-25-14-12-21)20-19(24)22-9-7-15-5-3-4-6-16(15)8-10-22/h3-6,17H,2,7-14H2,1H3,(H,20,24). The molecule has 0 saturated carbocycles. The number of hydrogen-bond acceptors (Lipinski definition) is 3. The molecule has 6 heteroatoms. The van der Waals surface area contributed by atoms with Gasteiger partial charge in [-0.2, -0.15) is 0 Å². The number of hydrogen-bond donors (Lipinski definition) is 1. The zero-order valence-corrected chi connectivity index (χ0v) is 14.9. The number of rotatable bonds is 3. The van der Waals surface area contributed by atoms with Gasteiger partial charge in [0.2, 0.25) is 5.91 Å². The molecule has 0 bridgehead atoms. The Kier molecular flexibility index (Phi) is 5.91. The second kappa shape index (κ2) is 8.34. The molecular weight excluding hydrogens is 318 g/mol. The lowest BCUT2D eigenvalue weighted by atomic mass is 10.0. The van der Waals surface area contributed by atoms with Crippen molar-refractivity contribution in [3.8, 4) is 0 Å². The first-order valence-corrected chi connectivity index (χ1v) is 9.17. The fourth-order valence-corrected chi connectivity index (χ4v) is 3.45. The summed E-state index contributed by atoms with van der Waals surface area (Å²) in [7, 11) is 0. The molecule has 1 aromatic carbocycles. The SMILES string of the molecule is CCC(NC(=O)N1CCc2ccccc2CC1)C(=O)N1CCOCC1. The number of urea groups is 1. The molecule has 3 amide bonds. The van der Waals surface area contributed by atoms with Crippen LogP contribution in [0.4, 0.5) is 4.79 Å². The van der Waals surface area contributed by atoms with Crippen LogP contribution >= 0.6 is 0 Å². The Hall–Kier alpha value is -2.08. The van der Waals surface area contributed by atoms with Gasteiger partial charge in [-0.3, -0.25) is 4.79 Å². The van der Waals surface area contributed by atoms with Gasteiger partial charge in [-0.15, -0.1) is 0 Å². The van der Waals surface area contributed by atoms with E-state index in [4.69, 9.17) is 4.74 Å². The molecule has 1 aromatic rings. The van der Waals surface area contributed by atoms with E-state index in [1.807, 2.05) is 24.0 Å². The van der Waals surface area contributed by atoms with Gasteiger partial charge in [-0.1, -0.05) is 31.2 Å². The summed E-state index contributed by atoms with van der Waals surface area (Å²) in [6, 6.07) is 7.75. The monoisotopic (exact) mass is 345 g/mol. The highest BCUT2D eigenvalue weighted by Gasteiger charge is 2.28.